The molecule has 0 aromatic carbocycles. The summed E-state index contributed by atoms with van der Waals surface area (Å²) in [6, 6.07) is 0. The van der Waals surface area contributed by atoms with Gasteiger partial charge in [-0.2, -0.15) is 0 Å². The molecule has 3 N–H and O–H groups in total. The molecule has 0 spiro atoms. The average Bonchev–Trinajstić information content (AvgIpc) is 3.01. The predicted molar refractivity (Wildman–Crippen MR) is 67.6 cm³/mol. The third kappa shape index (κ3) is 3.95. The van der Waals surface area contributed by atoms with Crippen molar-refractivity contribution in [2.45, 2.75) is 56.9 Å². The highest BCUT2D eigenvalue weighted by atomic mass is 35.5. The lowest BCUT2D eigenvalue weighted by Crippen LogP contribution is -2.50. The van der Waals surface area contributed by atoms with E-state index in [2.05, 4.69) is 5.32 Å². The number of amides is 1. The smallest absolute Gasteiger partial charge is 0.223 e. The SMILES string of the molecule is Cl.NC1(CNC(=O)C2CC2)CCCCCC1. The third-order valence-corrected chi connectivity index (χ3v) is 3.66. The molecule has 1 amide bonds. The zero-order valence-corrected chi connectivity index (χ0v) is 10.7. The molecule has 16 heavy (non-hydrogen) atoms. The Kier molecular flexibility index (Phi) is 5.06. The van der Waals surface area contributed by atoms with Crippen molar-refractivity contribution >= 4 is 18.3 Å². The lowest BCUT2D eigenvalue weighted by molar-refractivity contribution is -0.122. The van der Waals surface area contributed by atoms with Gasteiger partial charge in [-0.25, -0.2) is 0 Å². The molecule has 0 saturated heterocycles. The van der Waals surface area contributed by atoms with E-state index < -0.39 is 0 Å². The zero-order valence-electron chi connectivity index (χ0n) is 9.84. The average molecular weight is 247 g/mol. The Morgan fingerprint density at radius 1 is 1.19 bits per heavy atom. The van der Waals surface area contributed by atoms with Crippen LogP contribution in [0, 0.1) is 5.92 Å². The van der Waals surface area contributed by atoms with Crippen molar-refractivity contribution in [3.05, 3.63) is 0 Å². The summed E-state index contributed by atoms with van der Waals surface area (Å²) in [4.78, 5) is 11.5. The Hall–Kier alpha value is -0.280. The summed E-state index contributed by atoms with van der Waals surface area (Å²) >= 11 is 0. The molecule has 2 fully saturated rings. The van der Waals surface area contributed by atoms with Gasteiger partial charge in [-0.15, -0.1) is 12.4 Å². The van der Waals surface area contributed by atoms with E-state index in [0.29, 0.717) is 12.5 Å². The first kappa shape index (κ1) is 13.8. The van der Waals surface area contributed by atoms with Gasteiger partial charge in [-0.3, -0.25) is 4.79 Å². The molecule has 0 radical (unpaired) electrons. The van der Waals surface area contributed by atoms with Crippen LogP contribution in [-0.4, -0.2) is 18.0 Å². The highest BCUT2D eigenvalue weighted by molar-refractivity contribution is 5.85. The Bertz CT molecular complexity index is 233. The molecule has 0 aromatic heterocycles. The Labute approximate surface area is 104 Å². The van der Waals surface area contributed by atoms with Crippen molar-refractivity contribution < 1.29 is 4.79 Å². The van der Waals surface area contributed by atoms with Crippen molar-refractivity contribution in [1.29, 1.82) is 0 Å². The Morgan fingerprint density at radius 2 is 1.75 bits per heavy atom. The third-order valence-electron chi connectivity index (χ3n) is 3.66. The van der Waals surface area contributed by atoms with Crippen LogP contribution in [0.4, 0.5) is 0 Å². The van der Waals surface area contributed by atoms with Gasteiger partial charge in [0.05, 0.1) is 0 Å². The number of hydrogen-bond acceptors (Lipinski definition) is 2. The summed E-state index contributed by atoms with van der Waals surface area (Å²) in [7, 11) is 0. The molecule has 2 aliphatic carbocycles. The number of rotatable bonds is 3. The first-order valence-electron chi connectivity index (χ1n) is 6.26. The van der Waals surface area contributed by atoms with Crippen LogP contribution in [0.25, 0.3) is 0 Å². The summed E-state index contributed by atoms with van der Waals surface area (Å²) in [5, 5.41) is 3.02. The molecule has 4 heteroatoms. The molecule has 2 saturated carbocycles. The predicted octanol–water partition coefficient (Wildman–Crippen LogP) is 1.99. The van der Waals surface area contributed by atoms with E-state index in [9.17, 15) is 4.79 Å². The van der Waals surface area contributed by atoms with Gasteiger partial charge in [0.2, 0.25) is 5.91 Å². The highest BCUT2D eigenvalue weighted by Crippen LogP contribution is 2.29. The summed E-state index contributed by atoms with van der Waals surface area (Å²) in [5.74, 6) is 0.531. The fourth-order valence-corrected chi connectivity index (χ4v) is 2.36. The molecule has 94 valence electrons. The van der Waals surface area contributed by atoms with Gasteiger partial charge in [-0.1, -0.05) is 25.7 Å². The Morgan fingerprint density at radius 3 is 2.25 bits per heavy atom. The molecule has 2 rings (SSSR count). The van der Waals surface area contributed by atoms with Gasteiger partial charge < -0.3 is 11.1 Å². The van der Waals surface area contributed by atoms with Crippen LogP contribution in [-0.2, 0) is 4.79 Å². The van der Waals surface area contributed by atoms with E-state index in [1.807, 2.05) is 0 Å². The van der Waals surface area contributed by atoms with Crippen LogP contribution in [0.2, 0.25) is 0 Å². The second kappa shape index (κ2) is 5.87. The first-order valence-corrected chi connectivity index (χ1v) is 6.26. The van der Waals surface area contributed by atoms with E-state index in [0.717, 1.165) is 25.7 Å². The van der Waals surface area contributed by atoms with Crippen LogP contribution in [0.3, 0.4) is 0 Å². The minimum Gasteiger partial charge on any atom is -0.354 e. The second-order valence-electron chi connectivity index (χ2n) is 5.27. The van der Waals surface area contributed by atoms with Crippen molar-refractivity contribution in [3.63, 3.8) is 0 Å². The van der Waals surface area contributed by atoms with Gasteiger partial charge in [-0.05, 0) is 25.7 Å². The topological polar surface area (TPSA) is 55.1 Å². The molecule has 0 atom stereocenters. The van der Waals surface area contributed by atoms with E-state index in [-0.39, 0.29) is 23.9 Å². The molecule has 3 nitrogen and oxygen atoms in total. The standard InChI is InChI=1S/C12H22N2O.ClH/c13-12(7-3-1-2-4-8-12)9-14-11(15)10-5-6-10;/h10H,1-9,13H2,(H,14,15);1H. The molecule has 0 aromatic rings. The van der Waals surface area contributed by atoms with Gasteiger partial charge in [0.15, 0.2) is 0 Å². The fourth-order valence-electron chi connectivity index (χ4n) is 2.36. The van der Waals surface area contributed by atoms with Gasteiger partial charge in [0.25, 0.3) is 0 Å². The number of nitrogens with one attached hydrogen (secondary N) is 1. The van der Waals surface area contributed by atoms with Crippen molar-refractivity contribution in [2.24, 2.45) is 11.7 Å². The van der Waals surface area contributed by atoms with E-state index in [1.54, 1.807) is 0 Å². The lowest BCUT2D eigenvalue weighted by atomic mass is 9.91. The fraction of sp³-hybridized carbons (Fsp3) is 0.917. The summed E-state index contributed by atoms with van der Waals surface area (Å²) in [5.41, 5.74) is 6.19. The van der Waals surface area contributed by atoms with Crippen molar-refractivity contribution in [3.8, 4) is 0 Å². The minimum absolute atomic E-state index is 0. The molecule has 2 aliphatic rings. The molecular weight excluding hydrogens is 224 g/mol. The second-order valence-corrected chi connectivity index (χ2v) is 5.27. The van der Waals surface area contributed by atoms with E-state index in [4.69, 9.17) is 5.73 Å². The molecular formula is C12H23ClN2O. The zero-order chi connectivity index (χ0) is 10.7. The maximum atomic E-state index is 11.5. The van der Waals surface area contributed by atoms with Gasteiger partial charge in [0.1, 0.15) is 0 Å². The molecule has 0 bridgehead atoms. The maximum absolute atomic E-state index is 11.5. The van der Waals surface area contributed by atoms with Gasteiger partial charge in [0, 0.05) is 18.0 Å². The van der Waals surface area contributed by atoms with Crippen LogP contribution in [0.1, 0.15) is 51.4 Å². The van der Waals surface area contributed by atoms with E-state index in [1.165, 1.54) is 25.7 Å². The number of halogens is 1. The van der Waals surface area contributed by atoms with Crippen molar-refractivity contribution in [1.82, 2.24) is 5.32 Å². The Balaban J connectivity index is 0.00000128. The number of carbonyl (C=O) groups is 1. The lowest BCUT2D eigenvalue weighted by Gasteiger charge is -2.28. The van der Waals surface area contributed by atoms with E-state index >= 15 is 0 Å². The quantitative estimate of drug-likeness (QED) is 0.749. The summed E-state index contributed by atoms with van der Waals surface area (Å²) < 4.78 is 0. The number of nitrogens with two attached hydrogens (primary N) is 1. The largest absolute Gasteiger partial charge is 0.354 e. The van der Waals surface area contributed by atoms with Crippen LogP contribution >= 0.6 is 12.4 Å². The van der Waals surface area contributed by atoms with Crippen LogP contribution < -0.4 is 11.1 Å². The van der Waals surface area contributed by atoms with Crippen molar-refractivity contribution in [2.75, 3.05) is 6.54 Å². The van der Waals surface area contributed by atoms with Crippen LogP contribution in [0.5, 0.6) is 0 Å². The van der Waals surface area contributed by atoms with Crippen LogP contribution in [0.15, 0.2) is 0 Å². The molecule has 0 aliphatic heterocycles. The number of hydrogen-bond donors (Lipinski definition) is 2. The first-order chi connectivity index (χ1) is 7.20. The monoisotopic (exact) mass is 246 g/mol. The molecule has 0 heterocycles. The minimum atomic E-state index is -0.124. The summed E-state index contributed by atoms with van der Waals surface area (Å²) in [6.07, 6.45) is 9.32. The highest BCUT2D eigenvalue weighted by Gasteiger charge is 2.32. The molecule has 0 unspecified atom stereocenters. The number of carbonyl (C=O) groups excluding carboxylic acids is 1. The normalized spacial score (nSPS) is 24.1. The maximum Gasteiger partial charge on any atom is 0.223 e. The van der Waals surface area contributed by atoms with Gasteiger partial charge >= 0.3 is 0 Å². The summed E-state index contributed by atoms with van der Waals surface area (Å²) in [6.45, 7) is 0.683.